The first-order valence-electron chi connectivity index (χ1n) is 10.9. The number of methoxy groups -OCH3 is 1. The number of nitrogens with one attached hydrogen (secondary N) is 1. The summed E-state index contributed by atoms with van der Waals surface area (Å²) in [6.07, 6.45) is 2.00. The van der Waals surface area contributed by atoms with Crippen LogP contribution in [0, 0.1) is 13.8 Å². The van der Waals surface area contributed by atoms with E-state index in [1.807, 2.05) is 6.92 Å². The van der Waals surface area contributed by atoms with Gasteiger partial charge in [-0.15, -0.1) is 0 Å². The van der Waals surface area contributed by atoms with Crippen LogP contribution in [0.1, 0.15) is 41.5 Å². The van der Waals surface area contributed by atoms with Crippen molar-refractivity contribution in [1.82, 2.24) is 20.0 Å². The van der Waals surface area contributed by atoms with E-state index in [2.05, 4.69) is 39.9 Å². The molecule has 1 aromatic heterocycles. The fourth-order valence-corrected chi connectivity index (χ4v) is 4.17. The molecule has 0 radical (unpaired) electrons. The lowest BCUT2D eigenvalue weighted by Crippen LogP contribution is -2.44. The van der Waals surface area contributed by atoms with Crippen molar-refractivity contribution in [3.05, 3.63) is 46.2 Å². The van der Waals surface area contributed by atoms with Crippen molar-refractivity contribution in [2.45, 2.75) is 52.3 Å². The number of hydrogen-bond acceptors (Lipinski definition) is 5. The number of nitrogens with zero attached hydrogens (tertiary/aromatic N) is 3. The number of piperidine rings is 1. The van der Waals surface area contributed by atoms with Crippen LogP contribution < -0.4 is 10.1 Å². The molecule has 0 unspecified atom stereocenters. The maximum atomic E-state index is 12.1. The molecule has 0 saturated carbocycles. The number of hydrogen-bond donors (Lipinski definition) is 1. The summed E-state index contributed by atoms with van der Waals surface area (Å²) in [7, 11) is 1.60. The van der Waals surface area contributed by atoms with Gasteiger partial charge in [0.05, 0.1) is 23.9 Å². The van der Waals surface area contributed by atoms with Gasteiger partial charge in [-0.05, 0) is 57.9 Å². The number of carbonyl (C=O) groups excluding carboxylic acids is 1. The van der Waals surface area contributed by atoms with Crippen LogP contribution in [0.5, 0.6) is 5.75 Å². The van der Waals surface area contributed by atoms with Gasteiger partial charge in [0, 0.05) is 44.0 Å². The molecular weight excluding hydrogens is 416 g/mol. The maximum absolute atomic E-state index is 12.1. The molecule has 0 bridgehead atoms. The summed E-state index contributed by atoms with van der Waals surface area (Å²) < 4.78 is 13.2. The van der Waals surface area contributed by atoms with Gasteiger partial charge in [-0.25, -0.2) is 0 Å². The monoisotopic (exact) mass is 448 g/mol. The normalized spacial score (nSPS) is 16.3. The summed E-state index contributed by atoms with van der Waals surface area (Å²) in [6, 6.07) is 7.72. The number of aryl methyl sites for hydroxylation is 2. The second-order valence-corrected chi connectivity index (χ2v) is 8.61. The maximum Gasteiger partial charge on any atom is 0.251 e. The predicted octanol–water partition coefficient (Wildman–Crippen LogP) is 3.46. The molecule has 1 aliphatic rings. The molecule has 2 heterocycles. The zero-order valence-electron chi connectivity index (χ0n) is 18.9. The molecule has 2 aromatic rings. The van der Waals surface area contributed by atoms with Crippen LogP contribution >= 0.6 is 11.6 Å². The van der Waals surface area contributed by atoms with Crippen molar-refractivity contribution in [2.24, 2.45) is 0 Å². The van der Waals surface area contributed by atoms with Crippen LogP contribution in [0.2, 0.25) is 5.02 Å². The third-order valence-electron chi connectivity index (χ3n) is 5.72. The highest BCUT2D eigenvalue weighted by atomic mass is 35.5. The van der Waals surface area contributed by atoms with Crippen LogP contribution in [0.4, 0.5) is 0 Å². The summed E-state index contributed by atoms with van der Waals surface area (Å²) in [5.74, 6) is 0.458. The molecule has 1 aromatic carbocycles. The van der Waals surface area contributed by atoms with Gasteiger partial charge in [0.25, 0.3) is 5.91 Å². The quantitative estimate of drug-likeness (QED) is 0.595. The molecule has 1 atom stereocenters. The van der Waals surface area contributed by atoms with Gasteiger partial charge in [-0.1, -0.05) is 11.6 Å². The van der Waals surface area contributed by atoms with E-state index in [-0.39, 0.29) is 12.0 Å². The minimum absolute atomic E-state index is 0.121. The van der Waals surface area contributed by atoms with Crippen LogP contribution in [0.15, 0.2) is 24.3 Å². The van der Waals surface area contributed by atoms with Crippen molar-refractivity contribution < 1.29 is 14.3 Å². The van der Waals surface area contributed by atoms with E-state index < -0.39 is 0 Å². The van der Waals surface area contributed by atoms with Gasteiger partial charge in [0.2, 0.25) is 0 Å². The molecule has 1 amide bonds. The van der Waals surface area contributed by atoms with E-state index in [1.165, 1.54) is 5.69 Å². The average molecular weight is 449 g/mol. The number of halogens is 1. The molecule has 8 heteroatoms. The topological polar surface area (TPSA) is 68.6 Å². The third-order valence-corrected chi connectivity index (χ3v) is 6.02. The Morgan fingerprint density at radius 2 is 2.03 bits per heavy atom. The number of likely N-dealkylation sites (tertiary alicyclic amines) is 1. The Balaban J connectivity index is 1.49. The molecule has 1 aliphatic heterocycles. The van der Waals surface area contributed by atoms with Gasteiger partial charge in [-0.2, -0.15) is 5.10 Å². The first kappa shape index (κ1) is 23.6. The average Bonchev–Trinajstić information content (AvgIpc) is 3.06. The highest BCUT2D eigenvalue weighted by Crippen LogP contribution is 2.29. The van der Waals surface area contributed by atoms with Crippen molar-refractivity contribution in [2.75, 3.05) is 33.4 Å². The molecule has 1 fully saturated rings. The largest absolute Gasteiger partial charge is 0.489 e. The minimum Gasteiger partial charge on any atom is -0.489 e. The molecule has 170 valence electrons. The molecule has 1 N–H and O–H groups in total. The lowest BCUT2D eigenvalue weighted by Gasteiger charge is -2.36. The Kier molecular flexibility index (Phi) is 8.35. The smallest absolute Gasteiger partial charge is 0.251 e. The van der Waals surface area contributed by atoms with Gasteiger partial charge in [0.1, 0.15) is 11.9 Å². The second kappa shape index (κ2) is 11.0. The van der Waals surface area contributed by atoms with Crippen molar-refractivity contribution in [1.29, 1.82) is 0 Å². The van der Waals surface area contributed by atoms with Gasteiger partial charge < -0.3 is 14.8 Å². The number of amides is 1. The Hall–Kier alpha value is -2.09. The van der Waals surface area contributed by atoms with E-state index in [9.17, 15) is 4.79 Å². The van der Waals surface area contributed by atoms with Crippen molar-refractivity contribution >= 4 is 17.5 Å². The number of benzene rings is 1. The molecule has 0 aliphatic carbocycles. The summed E-state index contributed by atoms with van der Waals surface area (Å²) in [4.78, 5) is 14.6. The summed E-state index contributed by atoms with van der Waals surface area (Å²) >= 11 is 6.39. The Labute approximate surface area is 189 Å². The molecule has 31 heavy (non-hydrogen) atoms. The Morgan fingerprint density at radius 3 is 2.65 bits per heavy atom. The molecule has 7 nitrogen and oxygen atoms in total. The lowest BCUT2D eigenvalue weighted by molar-refractivity contribution is 0.0738. The summed E-state index contributed by atoms with van der Waals surface area (Å²) in [6.45, 7) is 10.2. The zero-order chi connectivity index (χ0) is 22.4. The number of ether oxygens (including phenoxy) is 2. The first-order valence-corrected chi connectivity index (χ1v) is 11.2. The van der Waals surface area contributed by atoms with E-state index in [0.29, 0.717) is 35.5 Å². The van der Waals surface area contributed by atoms with Gasteiger partial charge >= 0.3 is 0 Å². The van der Waals surface area contributed by atoms with Crippen LogP contribution in [0.3, 0.4) is 0 Å². The molecule has 0 spiro atoms. The SMILES string of the molecule is COCCNC(=O)c1ccc(OC2CCN([C@@H](C)Cn3nc(C)cc3C)CC2)c(Cl)c1. The van der Waals surface area contributed by atoms with Crippen LogP contribution in [0.25, 0.3) is 0 Å². The zero-order valence-corrected chi connectivity index (χ0v) is 19.6. The fourth-order valence-electron chi connectivity index (χ4n) is 3.95. The molecular formula is C23H33ClN4O3. The van der Waals surface area contributed by atoms with Gasteiger partial charge in [0.15, 0.2) is 0 Å². The van der Waals surface area contributed by atoms with E-state index in [1.54, 1.807) is 25.3 Å². The lowest BCUT2D eigenvalue weighted by atomic mass is 10.1. The number of rotatable bonds is 9. The van der Waals surface area contributed by atoms with E-state index in [4.69, 9.17) is 21.1 Å². The van der Waals surface area contributed by atoms with Gasteiger partial charge in [-0.3, -0.25) is 14.4 Å². The van der Waals surface area contributed by atoms with E-state index >= 15 is 0 Å². The van der Waals surface area contributed by atoms with Crippen LogP contribution in [-0.2, 0) is 11.3 Å². The predicted molar refractivity (Wildman–Crippen MR) is 122 cm³/mol. The molecule has 3 rings (SSSR count). The highest BCUT2D eigenvalue weighted by Gasteiger charge is 2.25. The number of aromatic nitrogens is 2. The highest BCUT2D eigenvalue weighted by molar-refractivity contribution is 6.32. The first-order chi connectivity index (χ1) is 14.9. The minimum atomic E-state index is -0.171. The molecule has 1 saturated heterocycles. The third kappa shape index (κ3) is 6.45. The fraction of sp³-hybridized carbons (Fsp3) is 0.565. The van der Waals surface area contributed by atoms with Crippen molar-refractivity contribution in [3.8, 4) is 5.75 Å². The summed E-state index contributed by atoms with van der Waals surface area (Å²) in [5, 5.41) is 7.83. The second-order valence-electron chi connectivity index (χ2n) is 8.21. The van der Waals surface area contributed by atoms with Crippen molar-refractivity contribution in [3.63, 3.8) is 0 Å². The Morgan fingerprint density at radius 1 is 1.29 bits per heavy atom. The standard InChI is InChI=1S/C23H33ClN4O3/c1-16-13-17(2)28(26-16)15-18(3)27-10-7-20(8-11-27)31-22-6-5-19(14-21(22)24)23(29)25-9-12-30-4/h5-6,13-14,18,20H,7-12,15H2,1-4H3,(H,25,29)/t18-/m0/s1. The van der Waals surface area contributed by atoms with E-state index in [0.717, 1.165) is 38.2 Å². The van der Waals surface area contributed by atoms with Crippen LogP contribution in [-0.4, -0.2) is 66.1 Å². The number of carbonyl (C=O) groups is 1. The summed E-state index contributed by atoms with van der Waals surface area (Å²) in [5.41, 5.74) is 2.78. The Bertz CT molecular complexity index is 878.